The largest absolute Gasteiger partial charge is 0.308 e. The molecule has 1 aromatic heterocycles. The molecule has 1 aromatic carbocycles. The summed E-state index contributed by atoms with van der Waals surface area (Å²) in [6.07, 6.45) is 1.59. The molecule has 18 heavy (non-hydrogen) atoms. The second-order valence-electron chi connectivity index (χ2n) is 3.73. The molecule has 0 aliphatic rings. The summed E-state index contributed by atoms with van der Waals surface area (Å²) in [5.41, 5.74) is 0.643. The van der Waals surface area contributed by atoms with Crippen molar-refractivity contribution < 1.29 is 8.78 Å². The Bertz CT molecular complexity index is 546. The van der Waals surface area contributed by atoms with Crippen LogP contribution in [0, 0.1) is 11.6 Å². The van der Waals surface area contributed by atoms with E-state index in [4.69, 9.17) is 11.6 Å². The highest BCUT2D eigenvalue weighted by atomic mass is 35.5. The molecular weight excluding hydrogens is 258 g/mol. The van der Waals surface area contributed by atoms with Crippen molar-refractivity contribution in [1.29, 1.82) is 0 Å². The predicted molar refractivity (Wildman–Crippen MR) is 66.5 cm³/mol. The number of nitrogens with zero attached hydrogens (tertiary/aromatic N) is 1. The highest BCUT2D eigenvalue weighted by molar-refractivity contribution is 6.31. The van der Waals surface area contributed by atoms with Crippen LogP contribution >= 0.6 is 11.6 Å². The van der Waals surface area contributed by atoms with Crippen LogP contribution in [0.1, 0.15) is 17.3 Å². The molecule has 1 unspecified atom stereocenters. The Hall–Kier alpha value is -1.52. The van der Waals surface area contributed by atoms with Gasteiger partial charge >= 0.3 is 0 Å². The van der Waals surface area contributed by atoms with Crippen molar-refractivity contribution in [2.24, 2.45) is 0 Å². The van der Waals surface area contributed by atoms with Crippen LogP contribution in [0.4, 0.5) is 8.78 Å². The zero-order valence-electron chi connectivity index (χ0n) is 9.62. The average molecular weight is 269 g/mol. The summed E-state index contributed by atoms with van der Waals surface area (Å²) >= 11 is 5.95. The lowest BCUT2D eigenvalue weighted by Crippen LogP contribution is -2.21. The Balaban J connectivity index is 2.56. The van der Waals surface area contributed by atoms with Crippen molar-refractivity contribution in [3.8, 4) is 0 Å². The van der Waals surface area contributed by atoms with E-state index in [1.807, 2.05) is 0 Å². The van der Waals surface area contributed by atoms with Gasteiger partial charge in [0, 0.05) is 16.8 Å². The van der Waals surface area contributed by atoms with E-state index in [0.717, 1.165) is 6.07 Å². The van der Waals surface area contributed by atoms with Gasteiger partial charge in [-0.05, 0) is 31.3 Å². The predicted octanol–water partition coefficient (Wildman–Crippen LogP) is 3.32. The summed E-state index contributed by atoms with van der Waals surface area (Å²) in [5, 5.41) is 3.06. The quantitative estimate of drug-likeness (QED) is 0.864. The van der Waals surface area contributed by atoms with Crippen LogP contribution in [0.2, 0.25) is 5.02 Å². The SMILES string of the molecule is CNC(c1ccccn1)c1c(Cl)ccc(F)c1F. The molecule has 0 fully saturated rings. The van der Waals surface area contributed by atoms with Crippen molar-refractivity contribution in [3.63, 3.8) is 0 Å². The normalized spacial score (nSPS) is 12.4. The van der Waals surface area contributed by atoms with E-state index in [1.54, 1.807) is 31.4 Å². The molecular formula is C13H11ClF2N2. The Morgan fingerprint density at radius 3 is 2.61 bits per heavy atom. The van der Waals surface area contributed by atoms with Gasteiger partial charge in [0.1, 0.15) is 0 Å². The van der Waals surface area contributed by atoms with Crippen molar-refractivity contribution in [3.05, 3.63) is 64.4 Å². The molecule has 0 aliphatic heterocycles. The zero-order chi connectivity index (χ0) is 13.1. The molecule has 0 amide bonds. The third-order valence-corrected chi connectivity index (χ3v) is 2.97. The molecule has 1 atom stereocenters. The summed E-state index contributed by atoms with van der Waals surface area (Å²) in [5.74, 6) is -1.88. The third kappa shape index (κ3) is 2.35. The second kappa shape index (κ2) is 5.42. The van der Waals surface area contributed by atoms with Crippen molar-refractivity contribution in [2.75, 3.05) is 7.05 Å². The lowest BCUT2D eigenvalue weighted by molar-refractivity contribution is 0.486. The maximum Gasteiger partial charge on any atom is 0.165 e. The fraction of sp³-hybridized carbons (Fsp3) is 0.154. The summed E-state index contributed by atoms with van der Waals surface area (Å²) < 4.78 is 27.1. The Labute approximate surface area is 109 Å². The first-order chi connectivity index (χ1) is 8.65. The standard InChI is InChI=1S/C13H11ClF2N2/c1-17-13(10-4-2-3-7-18-10)11-8(14)5-6-9(15)12(11)16/h2-7,13,17H,1H3. The van der Waals surface area contributed by atoms with E-state index >= 15 is 0 Å². The van der Waals surface area contributed by atoms with Crippen LogP contribution < -0.4 is 5.32 Å². The van der Waals surface area contributed by atoms with Crippen LogP contribution in [0.5, 0.6) is 0 Å². The number of nitrogens with one attached hydrogen (secondary N) is 1. The van der Waals surface area contributed by atoms with Gasteiger partial charge in [-0.15, -0.1) is 0 Å². The molecule has 2 rings (SSSR count). The molecule has 0 saturated heterocycles. The Morgan fingerprint density at radius 1 is 1.22 bits per heavy atom. The van der Waals surface area contributed by atoms with Gasteiger partial charge in [-0.25, -0.2) is 8.78 Å². The molecule has 0 bridgehead atoms. The average Bonchev–Trinajstić information content (AvgIpc) is 2.40. The highest BCUT2D eigenvalue weighted by Gasteiger charge is 2.22. The monoisotopic (exact) mass is 268 g/mol. The van der Waals surface area contributed by atoms with Crippen LogP contribution in [-0.4, -0.2) is 12.0 Å². The topological polar surface area (TPSA) is 24.9 Å². The number of pyridine rings is 1. The zero-order valence-corrected chi connectivity index (χ0v) is 10.4. The first-order valence-electron chi connectivity index (χ1n) is 5.36. The van der Waals surface area contributed by atoms with E-state index in [1.165, 1.54) is 6.07 Å². The van der Waals surface area contributed by atoms with E-state index in [9.17, 15) is 8.78 Å². The summed E-state index contributed by atoms with van der Waals surface area (Å²) in [6, 6.07) is 7.00. The molecule has 0 aliphatic carbocycles. The van der Waals surface area contributed by atoms with Crippen LogP contribution in [0.3, 0.4) is 0 Å². The van der Waals surface area contributed by atoms with E-state index < -0.39 is 17.7 Å². The molecule has 1 heterocycles. The summed E-state index contributed by atoms with van der Waals surface area (Å²) in [4.78, 5) is 4.13. The lowest BCUT2D eigenvalue weighted by atomic mass is 10.0. The molecule has 5 heteroatoms. The van der Waals surface area contributed by atoms with Gasteiger partial charge in [-0.2, -0.15) is 0 Å². The number of halogens is 3. The third-order valence-electron chi connectivity index (χ3n) is 2.64. The van der Waals surface area contributed by atoms with Crippen molar-refractivity contribution in [2.45, 2.75) is 6.04 Å². The van der Waals surface area contributed by atoms with E-state index in [2.05, 4.69) is 10.3 Å². The number of aromatic nitrogens is 1. The summed E-state index contributed by atoms with van der Waals surface area (Å²) in [6.45, 7) is 0. The van der Waals surface area contributed by atoms with Crippen LogP contribution in [0.25, 0.3) is 0 Å². The lowest BCUT2D eigenvalue weighted by Gasteiger charge is -2.18. The van der Waals surface area contributed by atoms with Crippen molar-refractivity contribution in [1.82, 2.24) is 10.3 Å². The van der Waals surface area contributed by atoms with Gasteiger partial charge in [0.25, 0.3) is 0 Å². The molecule has 94 valence electrons. The maximum atomic E-state index is 13.9. The van der Waals surface area contributed by atoms with Gasteiger partial charge in [0.2, 0.25) is 0 Å². The smallest absolute Gasteiger partial charge is 0.165 e. The molecule has 0 radical (unpaired) electrons. The van der Waals surface area contributed by atoms with Gasteiger partial charge < -0.3 is 5.32 Å². The fourth-order valence-corrected chi connectivity index (χ4v) is 2.05. The van der Waals surface area contributed by atoms with Gasteiger partial charge in [-0.3, -0.25) is 4.98 Å². The number of benzene rings is 1. The minimum Gasteiger partial charge on any atom is -0.308 e. The molecule has 0 saturated carbocycles. The van der Waals surface area contributed by atoms with Crippen molar-refractivity contribution >= 4 is 11.6 Å². The van der Waals surface area contributed by atoms with E-state index in [-0.39, 0.29) is 10.6 Å². The van der Waals surface area contributed by atoms with Gasteiger partial charge in [0.05, 0.1) is 11.7 Å². The fourth-order valence-electron chi connectivity index (χ4n) is 1.79. The number of rotatable bonds is 3. The number of hydrogen-bond donors (Lipinski definition) is 1. The molecule has 1 N–H and O–H groups in total. The molecule has 2 aromatic rings. The molecule has 2 nitrogen and oxygen atoms in total. The summed E-state index contributed by atoms with van der Waals surface area (Å²) in [7, 11) is 1.64. The van der Waals surface area contributed by atoms with Gasteiger partial charge in [0.15, 0.2) is 11.6 Å². The molecule has 0 spiro atoms. The maximum absolute atomic E-state index is 13.9. The Kier molecular flexibility index (Phi) is 3.89. The van der Waals surface area contributed by atoms with Crippen LogP contribution in [0.15, 0.2) is 36.5 Å². The highest BCUT2D eigenvalue weighted by Crippen LogP contribution is 2.30. The van der Waals surface area contributed by atoms with E-state index in [0.29, 0.717) is 5.69 Å². The minimum atomic E-state index is -0.951. The number of hydrogen-bond acceptors (Lipinski definition) is 2. The van der Waals surface area contributed by atoms with Gasteiger partial charge in [-0.1, -0.05) is 17.7 Å². The first kappa shape index (κ1) is 12.9. The van der Waals surface area contributed by atoms with Crippen LogP contribution in [-0.2, 0) is 0 Å². The second-order valence-corrected chi connectivity index (χ2v) is 4.14. The Morgan fingerprint density at radius 2 is 2.00 bits per heavy atom. The first-order valence-corrected chi connectivity index (χ1v) is 5.74. The minimum absolute atomic E-state index is 0.0675.